The number of nitrogens with one attached hydrogen (secondary N) is 2. The van der Waals surface area contributed by atoms with Gasteiger partial charge in [0.05, 0.1) is 18.2 Å². The van der Waals surface area contributed by atoms with Crippen LogP contribution in [0.4, 0.5) is 9.18 Å². The minimum absolute atomic E-state index is 0.317. The number of urea groups is 1. The van der Waals surface area contributed by atoms with Gasteiger partial charge in [0.15, 0.2) is 0 Å². The third kappa shape index (κ3) is 4.31. The van der Waals surface area contributed by atoms with E-state index < -0.39 is 18.0 Å². The summed E-state index contributed by atoms with van der Waals surface area (Å²) in [5.41, 5.74) is 1.40. The summed E-state index contributed by atoms with van der Waals surface area (Å²) in [4.78, 5) is 24.1. The van der Waals surface area contributed by atoms with E-state index in [1.165, 1.54) is 12.1 Å². The van der Waals surface area contributed by atoms with E-state index in [-0.39, 0.29) is 5.82 Å². The second-order valence-corrected chi connectivity index (χ2v) is 5.94. The summed E-state index contributed by atoms with van der Waals surface area (Å²) < 4.78 is 18.4. The molecule has 0 fully saturated rings. The maximum absolute atomic E-state index is 13.1. The molecule has 0 saturated carbocycles. The number of carbonyl (C=O) groups is 2. The van der Waals surface area contributed by atoms with Gasteiger partial charge in [-0.3, -0.25) is 0 Å². The van der Waals surface area contributed by atoms with Crippen molar-refractivity contribution in [3.8, 4) is 0 Å². The van der Waals surface area contributed by atoms with E-state index in [9.17, 15) is 14.0 Å². The first kappa shape index (κ1) is 17.0. The molecule has 0 aliphatic carbocycles. The first-order valence-electron chi connectivity index (χ1n) is 7.59. The fourth-order valence-electron chi connectivity index (χ4n) is 2.33. The molecule has 2 rings (SSSR count). The van der Waals surface area contributed by atoms with E-state index in [4.69, 9.17) is 4.74 Å². The molecule has 1 aliphatic heterocycles. The molecule has 124 valence electrons. The number of benzene rings is 1. The number of amides is 2. The lowest BCUT2D eigenvalue weighted by Gasteiger charge is -2.28. The standard InChI is InChI=1S/C17H21FN2O3/c1-10(2)8-9-23-16(21)14-11(3)19-17(22)20-15(14)12-4-6-13(18)7-5-12/h4-7,10,15H,8-9H2,1-3H3,(H2,19,20,22)/t15-/m0/s1. The molecule has 0 spiro atoms. The first-order chi connectivity index (χ1) is 10.9. The molecule has 0 radical (unpaired) electrons. The molecule has 6 heteroatoms. The minimum atomic E-state index is -0.657. The van der Waals surface area contributed by atoms with Crippen LogP contribution in [0, 0.1) is 11.7 Å². The molecule has 5 nitrogen and oxygen atoms in total. The molecule has 1 aromatic carbocycles. The zero-order valence-corrected chi connectivity index (χ0v) is 13.5. The Balaban J connectivity index is 2.24. The van der Waals surface area contributed by atoms with Crippen molar-refractivity contribution in [2.45, 2.75) is 33.2 Å². The monoisotopic (exact) mass is 320 g/mol. The van der Waals surface area contributed by atoms with Gasteiger partial charge in [0, 0.05) is 5.70 Å². The van der Waals surface area contributed by atoms with E-state index in [2.05, 4.69) is 10.6 Å². The van der Waals surface area contributed by atoms with Crippen molar-refractivity contribution in [1.29, 1.82) is 0 Å². The van der Waals surface area contributed by atoms with Gasteiger partial charge in [0.1, 0.15) is 5.82 Å². The minimum Gasteiger partial charge on any atom is -0.462 e. The predicted octanol–water partition coefficient (Wildman–Crippen LogP) is 3.04. The third-order valence-electron chi connectivity index (χ3n) is 3.62. The lowest BCUT2D eigenvalue weighted by Crippen LogP contribution is -2.45. The molecule has 0 bridgehead atoms. The summed E-state index contributed by atoms with van der Waals surface area (Å²) in [5, 5.41) is 5.26. The van der Waals surface area contributed by atoms with Gasteiger partial charge in [-0.25, -0.2) is 14.0 Å². The summed E-state index contributed by atoms with van der Waals surface area (Å²) >= 11 is 0. The number of halogens is 1. The quantitative estimate of drug-likeness (QED) is 0.820. The maximum Gasteiger partial charge on any atom is 0.338 e. The van der Waals surface area contributed by atoms with Gasteiger partial charge in [-0.1, -0.05) is 26.0 Å². The predicted molar refractivity (Wildman–Crippen MR) is 83.9 cm³/mol. The average molecular weight is 320 g/mol. The van der Waals surface area contributed by atoms with Crippen LogP contribution in [0.2, 0.25) is 0 Å². The highest BCUT2D eigenvalue weighted by Gasteiger charge is 2.32. The fourth-order valence-corrected chi connectivity index (χ4v) is 2.33. The lowest BCUT2D eigenvalue weighted by molar-refractivity contribution is -0.139. The Labute approximate surface area is 134 Å². The van der Waals surface area contributed by atoms with Crippen molar-refractivity contribution in [1.82, 2.24) is 10.6 Å². The number of esters is 1. The molecular formula is C17H21FN2O3. The molecule has 1 atom stereocenters. The molecule has 1 aromatic rings. The summed E-state index contributed by atoms with van der Waals surface area (Å²) in [6.07, 6.45) is 0.763. The van der Waals surface area contributed by atoms with E-state index >= 15 is 0 Å². The van der Waals surface area contributed by atoms with E-state index in [1.54, 1.807) is 19.1 Å². The van der Waals surface area contributed by atoms with Gasteiger partial charge in [0.25, 0.3) is 0 Å². The second-order valence-electron chi connectivity index (χ2n) is 5.94. The van der Waals surface area contributed by atoms with Crippen molar-refractivity contribution >= 4 is 12.0 Å². The van der Waals surface area contributed by atoms with Gasteiger partial charge in [0.2, 0.25) is 0 Å². The fraction of sp³-hybridized carbons (Fsp3) is 0.412. The number of hydrogen-bond acceptors (Lipinski definition) is 3. The first-order valence-corrected chi connectivity index (χ1v) is 7.59. The van der Waals surface area contributed by atoms with E-state index in [0.717, 1.165) is 6.42 Å². The number of carbonyl (C=O) groups excluding carboxylic acids is 2. The van der Waals surface area contributed by atoms with Crippen molar-refractivity contribution in [2.75, 3.05) is 6.61 Å². The summed E-state index contributed by atoms with van der Waals surface area (Å²) in [6, 6.07) is 4.60. The van der Waals surface area contributed by atoms with Crippen molar-refractivity contribution in [2.24, 2.45) is 5.92 Å². The van der Waals surface area contributed by atoms with Crippen molar-refractivity contribution in [3.63, 3.8) is 0 Å². The topological polar surface area (TPSA) is 67.4 Å². The number of ether oxygens (including phenoxy) is 1. The summed E-state index contributed by atoms with van der Waals surface area (Å²) in [7, 11) is 0. The molecule has 23 heavy (non-hydrogen) atoms. The highest BCUT2D eigenvalue weighted by atomic mass is 19.1. The van der Waals surface area contributed by atoms with E-state index in [0.29, 0.717) is 29.4 Å². The van der Waals surface area contributed by atoms with Gasteiger partial charge in [-0.15, -0.1) is 0 Å². The molecule has 2 amide bonds. The van der Waals surface area contributed by atoms with Crippen LogP contribution in [0.3, 0.4) is 0 Å². The molecule has 0 unspecified atom stereocenters. The Morgan fingerprint density at radius 2 is 1.96 bits per heavy atom. The summed E-state index contributed by atoms with van der Waals surface area (Å²) in [6.45, 7) is 6.05. The molecular weight excluding hydrogens is 299 g/mol. The zero-order chi connectivity index (χ0) is 17.0. The number of rotatable bonds is 5. The Morgan fingerprint density at radius 3 is 2.57 bits per heavy atom. The molecule has 0 saturated heterocycles. The zero-order valence-electron chi connectivity index (χ0n) is 13.5. The van der Waals surface area contributed by atoms with Crippen LogP contribution in [-0.4, -0.2) is 18.6 Å². The van der Waals surface area contributed by atoms with Crippen LogP contribution in [0.25, 0.3) is 0 Å². The van der Waals surface area contributed by atoms with Crippen molar-refractivity contribution in [3.05, 3.63) is 46.9 Å². The smallest absolute Gasteiger partial charge is 0.338 e. The van der Waals surface area contributed by atoms with Gasteiger partial charge in [-0.2, -0.15) is 0 Å². The lowest BCUT2D eigenvalue weighted by atomic mass is 9.95. The highest BCUT2D eigenvalue weighted by molar-refractivity contribution is 5.95. The normalized spacial score (nSPS) is 17.8. The highest BCUT2D eigenvalue weighted by Crippen LogP contribution is 2.27. The summed E-state index contributed by atoms with van der Waals surface area (Å²) in [5.74, 6) is -0.435. The van der Waals surface area contributed by atoms with Crippen LogP contribution >= 0.6 is 0 Å². The number of allylic oxidation sites excluding steroid dienone is 1. The SMILES string of the molecule is CC1=C(C(=O)OCCC(C)C)[C@H](c2ccc(F)cc2)NC(=O)N1. The largest absolute Gasteiger partial charge is 0.462 e. The van der Waals surface area contributed by atoms with Crippen LogP contribution in [-0.2, 0) is 9.53 Å². The molecule has 1 aliphatic rings. The second kappa shape index (κ2) is 7.26. The number of hydrogen-bond donors (Lipinski definition) is 2. The van der Waals surface area contributed by atoms with Crippen LogP contribution in [0.5, 0.6) is 0 Å². The average Bonchev–Trinajstić information content (AvgIpc) is 2.46. The Kier molecular flexibility index (Phi) is 5.36. The van der Waals surface area contributed by atoms with Crippen LogP contribution in [0.15, 0.2) is 35.5 Å². The Bertz CT molecular complexity index is 623. The Morgan fingerprint density at radius 1 is 1.30 bits per heavy atom. The molecule has 1 heterocycles. The maximum atomic E-state index is 13.1. The van der Waals surface area contributed by atoms with Gasteiger partial charge in [-0.05, 0) is 37.0 Å². The van der Waals surface area contributed by atoms with Crippen molar-refractivity contribution < 1.29 is 18.7 Å². The molecule has 0 aromatic heterocycles. The van der Waals surface area contributed by atoms with Crippen LogP contribution < -0.4 is 10.6 Å². The van der Waals surface area contributed by atoms with Gasteiger partial charge < -0.3 is 15.4 Å². The van der Waals surface area contributed by atoms with Gasteiger partial charge >= 0.3 is 12.0 Å². The third-order valence-corrected chi connectivity index (χ3v) is 3.62. The molecule has 2 N–H and O–H groups in total. The Hall–Kier alpha value is -2.37. The van der Waals surface area contributed by atoms with E-state index in [1.807, 2.05) is 13.8 Å². The van der Waals surface area contributed by atoms with Crippen LogP contribution in [0.1, 0.15) is 38.8 Å².